The van der Waals surface area contributed by atoms with Gasteiger partial charge in [0.05, 0.1) is 0 Å². The summed E-state index contributed by atoms with van der Waals surface area (Å²) in [4.78, 5) is 0. The second-order valence-electron chi connectivity index (χ2n) is 1.70. The van der Waals surface area contributed by atoms with Crippen molar-refractivity contribution in [2.75, 3.05) is 0 Å². The van der Waals surface area contributed by atoms with E-state index in [0.717, 1.165) is 6.21 Å². The standard InChI is InChI=1S/C7H7NO.V/c8-5-6-3-1-2-4-7(6)9;/h1-5,8-9H;. The summed E-state index contributed by atoms with van der Waals surface area (Å²) in [5.74, 6) is 0.160. The Kier molecular flexibility index (Phi) is 3.85. The minimum Gasteiger partial charge on any atom is -0.507 e. The van der Waals surface area contributed by atoms with Gasteiger partial charge < -0.3 is 10.5 Å². The van der Waals surface area contributed by atoms with Gasteiger partial charge in [-0.2, -0.15) is 0 Å². The van der Waals surface area contributed by atoms with Crippen molar-refractivity contribution in [2.45, 2.75) is 0 Å². The summed E-state index contributed by atoms with van der Waals surface area (Å²) < 4.78 is 0. The molecule has 1 radical (unpaired) electrons. The average Bonchev–Trinajstić information content (AvgIpc) is 1.89. The number of para-hydroxylation sites is 1. The first kappa shape index (κ1) is 9.27. The number of nitrogens with one attached hydrogen (secondary N) is 1. The Labute approximate surface area is 71.3 Å². The molecule has 0 bridgehead atoms. The average molecular weight is 172 g/mol. The van der Waals surface area contributed by atoms with Crippen LogP contribution in [0.4, 0.5) is 0 Å². The van der Waals surface area contributed by atoms with Crippen molar-refractivity contribution in [2.24, 2.45) is 0 Å². The van der Waals surface area contributed by atoms with Crippen LogP contribution in [0.5, 0.6) is 5.75 Å². The number of hydrogen-bond donors (Lipinski definition) is 2. The van der Waals surface area contributed by atoms with Gasteiger partial charge in [-0.1, -0.05) is 12.1 Å². The first-order valence-electron chi connectivity index (χ1n) is 2.63. The Hall–Kier alpha value is -0.726. The van der Waals surface area contributed by atoms with Gasteiger partial charge in [-0.25, -0.2) is 0 Å². The van der Waals surface area contributed by atoms with Crippen molar-refractivity contribution < 1.29 is 23.7 Å². The van der Waals surface area contributed by atoms with Crippen molar-refractivity contribution >= 4 is 6.21 Å². The molecule has 0 aliphatic heterocycles. The molecule has 0 fully saturated rings. The van der Waals surface area contributed by atoms with E-state index in [0.29, 0.717) is 5.56 Å². The van der Waals surface area contributed by atoms with E-state index in [1.807, 2.05) is 0 Å². The maximum absolute atomic E-state index is 8.96. The predicted molar refractivity (Wildman–Crippen MR) is 36.0 cm³/mol. The molecule has 0 saturated heterocycles. The third kappa shape index (κ3) is 1.90. The Morgan fingerprint density at radius 2 is 1.90 bits per heavy atom. The monoisotopic (exact) mass is 172 g/mol. The molecule has 10 heavy (non-hydrogen) atoms. The minimum atomic E-state index is 0. The molecule has 0 spiro atoms. The first-order valence-corrected chi connectivity index (χ1v) is 2.63. The van der Waals surface area contributed by atoms with E-state index >= 15 is 0 Å². The second kappa shape index (κ2) is 4.15. The van der Waals surface area contributed by atoms with Gasteiger partial charge in [0, 0.05) is 30.3 Å². The Balaban J connectivity index is 0.000000810. The van der Waals surface area contributed by atoms with Crippen LogP contribution >= 0.6 is 0 Å². The van der Waals surface area contributed by atoms with Gasteiger partial charge in [-0.3, -0.25) is 0 Å². The van der Waals surface area contributed by atoms with Crippen molar-refractivity contribution in [1.82, 2.24) is 0 Å². The number of phenols is 1. The summed E-state index contributed by atoms with van der Waals surface area (Å²) in [5, 5.41) is 15.8. The van der Waals surface area contributed by atoms with Gasteiger partial charge in [0.2, 0.25) is 0 Å². The summed E-state index contributed by atoms with van der Waals surface area (Å²) in [6.45, 7) is 0. The third-order valence-electron chi connectivity index (χ3n) is 1.09. The second-order valence-corrected chi connectivity index (χ2v) is 1.70. The van der Waals surface area contributed by atoms with E-state index in [4.69, 9.17) is 10.5 Å². The van der Waals surface area contributed by atoms with E-state index < -0.39 is 0 Å². The summed E-state index contributed by atoms with van der Waals surface area (Å²) in [6, 6.07) is 6.74. The molecule has 1 aromatic rings. The molecule has 2 N–H and O–H groups in total. The molecule has 0 aromatic heterocycles. The molecule has 0 unspecified atom stereocenters. The molecule has 1 aromatic carbocycles. The largest absolute Gasteiger partial charge is 0.507 e. The SMILES string of the molecule is N=Cc1ccccc1O.[V]. The fourth-order valence-corrected chi connectivity index (χ4v) is 0.610. The van der Waals surface area contributed by atoms with Gasteiger partial charge in [0.15, 0.2) is 0 Å². The number of phenolic OH excluding ortho intramolecular Hbond substituents is 1. The predicted octanol–water partition coefficient (Wildman–Crippen LogP) is 1.39. The normalized spacial score (nSPS) is 8.00. The first-order chi connectivity index (χ1) is 4.34. The maximum atomic E-state index is 8.96. The van der Waals surface area contributed by atoms with Crippen LogP contribution in [0.2, 0.25) is 0 Å². The summed E-state index contributed by atoms with van der Waals surface area (Å²) in [5.41, 5.74) is 0.553. The summed E-state index contributed by atoms with van der Waals surface area (Å²) >= 11 is 0. The van der Waals surface area contributed by atoms with Crippen molar-refractivity contribution in [3.63, 3.8) is 0 Å². The van der Waals surface area contributed by atoms with Crippen LogP contribution in [0, 0.1) is 5.41 Å². The van der Waals surface area contributed by atoms with Crippen LogP contribution in [-0.4, -0.2) is 11.3 Å². The van der Waals surface area contributed by atoms with E-state index in [9.17, 15) is 0 Å². The fraction of sp³-hybridized carbons (Fsp3) is 0. The van der Waals surface area contributed by atoms with Crippen molar-refractivity contribution in [3.8, 4) is 5.75 Å². The van der Waals surface area contributed by atoms with Crippen LogP contribution in [0.1, 0.15) is 5.56 Å². The van der Waals surface area contributed by atoms with Crippen LogP contribution in [-0.2, 0) is 18.6 Å². The molecule has 0 heterocycles. The van der Waals surface area contributed by atoms with Gasteiger partial charge >= 0.3 is 0 Å². The van der Waals surface area contributed by atoms with E-state index in [1.165, 1.54) is 0 Å². The van der Waals surface area contributed by atoms with Crippen LogP contribution in [0.15, 0.2) is 24.3 Å². The zero-order valence-electron chi connectivity index (χ0n) is 5.28. The molecular weight excluding hydrogens is 165 g/mol. The minimum absolute atomic E-state index is 0. The molecular formula is C7H7NOV. The van der Waals surface area contributed by atoms with Crippen LogP contribution in [0.3, 0.4) is 0 Å². The fourth-order valence-electron chi connectivity index (χ4n) is 0.610. The van der Waals surface area contributed by atoms with Crippen LogP contribution in [0.25, 0.3) is 0 Å². The zero-order chi connectivity index (χ0) is 6.69. The van der Waals surface area contributed by atoms with Crippen molar-refractivity contribution in [1.29, 1.82) is 5.41 Å². The van der Waals surface area contributed by atoms with Crippen molar-refractivity contribution in [3.05, 3.63) is 29.8 Å². The Morgan fingerprint density at radius 3 is 2.30 bits per heavy atom. The topological polar surface area (TPSA) is 44.1 Å². The van der Waals surface area contributed by atoms with Crippen LogP contribution < -0.4 is 0 Å². The Bertz CT molecular complexity index is 225. The van der Waals surface area contributed by atoms with E-state index in [-0.39, 0.29) is 24.3 Å². The number of hydrogen-bond acceptors (Lipinski definition) is 2. The number of rotatable bonds is 1. The molecule has 0 aliphatic rings. The summed E-state index contributed by atoms with van der Waals surface area (Å²) in [6.07, 6.45) is 1.12. The molecule has 3 heteroatoms. The molecule has 0 amide bonds. The molecule has 1 rings (SSSR count). The quantitative estimate of drug-likeness (QED) is 0.617. The molecule has 51 valence electrons. The number of benzene rings is 1. The van der Waals surface area contributed by atoms with Gasteiger partial charge in [-0.05, 0) is 12.1 Å². The number of aromatic hydroxyl groups is 1. The van der Waals surface area contributed by atoms with Gasteiger partial charge in [0.25, 0.3) is 0 Å². The molecule has 0 aliphatic carbocycles. The molecule has 0 atom stereocenters. The zero-order valence-corrected chi connectivity index (χ0v) is 6.68. The van der Waals surface area contributed by atoms with Gasteiger partial charge in [0.1, 0.15) is 5.75 Å². The Morgan fingerprint density at radius 1 is 1.30 bits per heavy atom. The smallest absolute Gasteiger partial charge is 0.124 e. The third-order valence-corrected chi connectivity index (χ3v) is 1.09. The maximum Gasteiger partial charge on any atom is 0.124 e. The molecule has 2 nitrogen and oxygen atoms in total. The van der Waals surface area contributed by atoms with E-state index in [2.05, 4.69) is 0 Å². The van der Waals surface area contributed by atoms with Gasteiger partial charge in [-0.15, -0.1) is 0 Å². The molecule has 0 saturated carbocycles. The van der Waals surface area contributed by atoms with E-state index in [1.54, 1.807) is 24.3 Å². The summed E-state index contributed by atoms with van der Waals surface area (Å²) in [7, 11) is 0.